The Morgan fingerprint density at radius 1 is 1.06 bits per heavy atom. The second-order valence-corrected chi connectivity index (χ2v) is 8.07. The minimum absolute atomic E-state index is 0.135. The van der Waals surface area contributed by atoms with Crippen LogP contribution in [0.25, 0.3) is 10.9 Å². The summed E-state index contributed by atoms with van der Waals surface area (Å²) in [5.74, 6) is 2.22. The Morgan fingerprint density at radius 2 is 1.84 bits per heavy atom. The summed E-state index contributed by atoms with van der Waals surface area (Å²) in [4.78, 5) is 25.9. The summed E-state index contributed by atoms with van der Waals surface area (Å²) in [6.45, 7) is 8.06. The van der Waals surface area contributed by atoms with Gasteiger partial charge in [0.1, 0.15) is 17.4 Å². The van der Waals surface area contributed by atoms with Crippen LogP contribution >= 0.6 is 0 Å². The minimum Gasteiger partial charge on any atom is -0.493 e. The van der Waals surface area contributed by atoms with Crippen LogP contribution in [0.15, 0.2) is 42.5 Å². The molecule has 7 nitrogen and oxygen atoms in total. The molecule has 1 aliphatic rings. The van der Waals surface area contributed by atoms with Crippen LogP contribution in [0.1, 0.15) is 23.4 Å². The van der Waals surface area contributed by atoms with E-state index in [9.17, 15) is 4.79 Å². The average Bonchev–Trinajstić information content (AvgIpc) is 2.76. The molecule has 0 aliphatic carbocycles. The van der Waals surface area contributed by atoms with E-state index < -0.39 is 0 Å². The van der Waals surface area contributed by atoms with Gasteiger partial charge in [0.15, 0.2) is 0 Å². The highest BCUT2D eigenvalue weighted by molar-refractivity contribution is 5.87. The number of nitrogens with two attached hydrogens (primary N) is 1. The third-order valence-corrected chi connectivity index (χ3v) is 5.69. The minimum atomic E-state index is 0.135. The van der Waals surface area contributed by atoms with Crippen molar-refractivity contribution in [3.05, 3.63) is 59.4 Å². The lowest BCUT2D eigenvalue weighted by atomic mass is 10.1. The summed E-state index contributed by atoms with van der Waals surface area (Å²) >= 11 is 0. The molecule has 2 N–H and O–H groups in total. The molecule has 0 unspecified atom stereocenters. The van der Waals surface area contributed by atoms with Crippen molar-refractivity contribution in [3.63, 3.8) is 0 Å². The van der Waals surface area contributed by atoms with Gasteiger partial charge in [0.2, 0.25) is 5.91 Å². The SMILES string of the molecule is Cc1ccc(C)c(OCCC(=O)N2CCN(Cc3nc(N)c4ccccc4n3)CC2)c1. The van der Waals surface area contributed by atoms with E-state index in [0.29, 0.717) is 38.5 Å². The molecule has 1 aromatic heterocycles. The molecular weight excluding hydrogens is 390 g/mol. The van der Waals surface area contributed by atoms with Crippen LogP contribution in [0.4, 0.5) is 5.82 Å². The van der Waals surface area contributed by atoms with Crippen LogP contribution < -0.4 is 10.5 Å². The fraction of sp³-hybridized carbons (Fsp3) is 0.375. The van der Waals surface area contributed by atoms with Crippen LogP contribution in [0.2, 0.25) is 0 Å². The highest BCUT2D eigenvalue weighted by Crippen LogP contribution is 2.20. The van der Waals surface area contributed by atoms with Gasteiger partial charge in [-0.3, -0.25) is 9.69 Å². The molecule has 3 aromatic rings. The van der Waals surface area contributed by atoms with Gasteiger partial charge in [-0.15, -0.1) is 0 Å². The average molecular weight is 420 g/mol. The molecule has 4 rings (SSSR count). The van der Waals surface area contributed by atoms with Gasteiger partial charge in [0.25, 0.3) is 0 Å². The zero-order chi connectivity index (χ0) is 21.8. The van der Waals surface area contributed by atoms with Gasteiger partial charge < -0.3 is 15.4 Å². The topological polar surface area (TPSA) is 84.6 Å². The molecule has 1 aliphatic heterocycles. The Hall–Kier alpha value is -3.19. The maximum atomic E-state index is 12.6. The van der Waals surface area contributed by atoms with Gasteiger partial charge in [0.05, 0.1) is 25.1 Å². The first-order chi connectivity index (χ1) is 15.0. The van der Waals surface area contributed by atoms with Crippen molar-refractivity contribution in [3.8, 4) is 5.75 Å². The number of piperazine rings is 1. The van der Waals surface area contributed by atoms with Gasteiger partial charge >= 0.3 is 0 Å². The number of hydrogen-bond donors (Lipinski definition) is 1. The first-order valence-corrected chi connectivity index (χ1v) is 10.7. The van der Waals surface area contributed by atoms with E-state index in [4.69, 9.17) is 10.5 Å². The van der Waals surface area contributed by atoms with Crippen molar-refractivity contribution in [1.29, 1.82) is 0 Å². The second kappa shape index (κ2) is 9.31. The lowest BCUT2D eigenvalue weighted by Gasteiger charge is -2.34. The lowest BCUT2D eigenvalue weighted by molar-refractivity contribution is -0.133. The molecule has 31 heavy (non-hydrogen) atoms. The van der Waals surface area contributed by atoms with Crippen LogP contribution in [0, 0.1) is 13.8 Å². The summed E-state index contributed by atoms with van der Waals surface area (Å²) < 4.78 is 5.84. The predicted octanol–water partition coefficient (Wildman–Crippen LogP) is 2.94. The van der Waals surface area contributed by atoms with Crippen molar-refractivity contribution >= 4 is 22.6 Å². The molecule has 162 valence electrons. The van der Waals surface area contributed by atoms with E-state index in [-0.39, 0.29) is 5.91 Å². The third-order valence-electron chi connectivity index (χ3n) is 5.69. The monoisotopic (exact) mass is 419 g/mol. The van der Waals surface area contributed by atoms with E-state index in [1.807, 2.05) is 55.1 Å². The molecule has 7 heteroatoms. The van der Waals surface area contributed by atoms with Crippen molar-refractivity contribution in [1.82, 2.24) is 19.8 Å². The number of amides is 1. The molecule has 0 saturated carbocycles. The van der Waals surface area contributed by atoms with E-state index in [1.165, 1.54) is 0 Å². The fourth-order valence-electron chi connectivity index (χ4n) is 3.85. The maximum absolute atomic E-state index is 12.6. The summed E-state index contributed by atoms with van der Waals surface area (Å²) in [6.07, 6.45) is 0.387. The molecule has 1 saturated heterocycles. The number of nitrogens with zero attached hydrogens (tertiary/aromatic N) is 4. The molecule has 0 atom stereocenters. The van der Waals surface area contributed by atoms with Gasteiger partial charge in [-0.25, -0.2) is 9.97 Å². The molecule has 1 fully saturated rings. The number of ether oxygens (including phenoxy) is 1. The quantitative estimate of drug-likeness (QED) is 0.661. The fourth-order valence-corrected chi connectivity index (χ4v) is 3.85. The van der Waals surface area contributed by atoms with Crippen molar-refractivity contribution in [2.24, 2.45) is 0 Å². The highest BCUT2D eigenvalue weighted by atomic mass is 16.5. The molecule has 0 spiro atoms. The Kier molecular flexibility index (Phi) is 6.32. The molecule has 0 bridgehead atoms. The van der Waals surface area contributed by atoms with Crippen LogP contribution in [-0.2, 0) is 11.3 Å². The van der Waals surface area contributed by atoms with Crippen LogP contribution in [-0.4, -0.2) is 58.5 Å². The number of benzene rings is 2. The van der Waals surface area contributed by atoms with E-state index in [0.717, 1.165) is 46.7 Å². The standard InChI is InChI=1S/C24H29N5O2/c1-17-7-8-18(2)21(15-17)31-14-9-23(30)29-12-10-28(11-13-29)16-22-26-20-6-4-3-5-19(20)24(25)27-22/h3-8,15H,9-14,16H2,1-2H3,(H2,25,26,27). The number of fused-ring (bicyclic) bond motifs is 1. The van der Waals surface area contributed by atoms with Crippen molar-refractivity contribution < 1.29 is 9.53 Å². The molecule has 2 aromatic carbocycles. The van der Waals surface area contributed by atoms with Gasteiger partial charge in [0, 0.05) is 31.6 Å². The number of nitrogen functional groups attached to an aromatic ring is 1. The molecule has 2 heterocycles. The number of anilines is 1. The molecule has 1 amide bonds. The number of aryl methyl sites for hydroxylation is 2. The van der Waals surface area contributed by atoms with E-state index in [1.54, 1.807) is 0 Å². The Labute approximate surface area is 182 Å². The zero-order valence-electron chi connectivity index (χ0n) is 18.2. The number of para-hydroxylation sites is 1. The third kappa shape index (κ3) is 5.11. The Morgan fingerprint density at radius 3 is 2.65 bits per heavy atom. The first-order valence-electron chi connectivity index (χ1n) is 10.7. The van der Waals surface area contributed by atoms with Crippen LogP contribution in [0.3, 0.4) is 0 Å². The van der Waals surface area contributed by atoms with E-state index in [2.05, 4.69) is 20.9 Å². The first kappa shape index (κ1) is 21.1. The van der Waals surface area contributed by atoms with Gasteiger partial charge in [-0.2, -0.15) is 0 Å². The molecule has 0 radical (unpaired) electrons. The predicted molar refractivity (Wildman–Crippen MR) is 122 cm³/mol. The summed E-state index contributed by atoms with van der Waals surface area (Å²) in [5.41, 5.74) is 9.20. The lowest BCUT2D eigenvalue weighted by Crippen LogP contribution is -2.48. The molecular formula is C24H29N5O2. The van der Waals surface area contributed by atoms with Crippen molar-refractivity contribution in [2.45, 2.75) is 26.8 Å². The zero-order valence-corrected chi connectivity index (χ0v) is 18.2. The van der Waals surface area contributed by atoms with Crippen molar-refractivity contribution in [2.75, 3.05) is 38.5 Å². The van der Waals surface area contributed by atoms with Gasteiger partial charge in [-0.1, -0.05) is 24.3 Å². The number of carbonyl (C=O) groups is 1. The summed E-state index contributed by atoms with van der Waals surface area (Å²) in [5, 5.41) is 0.879. The second-order valence-electron chi connectivity index (χ2n) is 8.07. The maximum Gasteiger partial charge on any atom is 0.226 e. The number of hydrogen-bond acceptors (Lipinski definition) is 6. The van der Waals surface area contributed by atoms with E-state index >= 15 is 0 Å². The highest BCUT2D eigenvalue weighted by Gasteiger charge is 2.22. The summed E-state index contributed by atoms with van der Waals surface area (Å²) in [7, 11) is 0. The largest absolute Gasteiger partial charge is 0.493 e. The summed E-state index contributed by atoms with van der Waals surface area (Å²) in [6, 6.07) is 13.9. The Balaban J connectivity index is 1.25. The Bertz CT molecular complexity index is 1080. The number of carbonyl (C=O) groups excluding carboxylic acids is 1. The van der Waals surface area contributed by atoms with Gasteiger partial charge in [-0.05, 0) is 43.2 Å². The number of aromatic nitrogens is 2. The number of rotatable bonds is 6. The smallest absolute Gasteiger partial charge is 0.226 e. The van der Waals surface area contributed by atoms with Crippen LogP contribution in [0.5, 0.6) is 5.75 Å². The normalized spacial score (nSPS) is 14.7.